The monoisotopic (exact) mass is 428 g/mol. The molecule has 3 heteroatoms. The molecular formula is C27H44O2Si. The maximum absolute atomic E-state index is 12.8. The Balaban J connectivity index is 1.70. The number of carbonyl (C=O) groups excluding carboxylic acids is 1. The van der Waals surface area contributed by atoms with Crippen LogP contribution < -0.4 is 0 Å². The SMILES string of the molecule is CCCC(C)(C)[Si](C)(C)OC1CC(=O)C=C2C=C[C@H]3[C@@H]4CCC[C@@]4(C)CC[C@@H]3[C@]21C. The third kappa shape index (κ3) is 3.34. The fourth-order valence-corrected chi connectivity index (χ4v) is 9.83. The molecule has 4 aliphatic carbocycles. The standard InChI is InChI=1S/C27H44O2Si/c1-8-14-25(2,3)30(6,7)29-24-18-20(28)17-19-11-12-21-22-10-9-15-26(22,4)16-13-23(21)27(19,24)5/h11-12,17,21-24H,8-10,13-16,18H2,1-7H3/t21-,22-,23-,24?,26-,27-/m0/s1. The molecule has 30 heavy (non-hydrogen) atoms. The highest BCUT2D eigenvalue weighted by atomic mass is 28.4. The summed E-state index contributed by atoms with van der Waals surface area (Å²) in [5.74, 6) is 2.34. The molecular weight excluding hydrogens is 384 g/mol. The summed E-state index contributed by atoms with van der Waals surface area (Å²) in [6, 6.07) is 0. The highest BCUT2D eigenvalue weighted by Gasteiger charge is 2.59. The highest BCUT2D eigenvalue weighted by molar-refractivity contribution is 6.74. The van der Waals surface area contributed by atoms with Gasteiger partial charge in [-0.15, -0.1) is 0 Å². The molecule has 6 atom stereocenters. The molecule has 2 fully saturated rings. The van der Waals surface area contributed by atoms with Crippen LogP contribution in [0.15, 0.2) is 23.8 Å². The van der Waals surface area contributed by atoms with Gasteiger partial charge in [-0.2, -0.15) is 0 Å². The fourth-order valence-electron chi connectivity index (χ4n) is 7.62. The van der Waals surface area contributed by atoms with E-state index < -0.39 is 8.32 Å². The first kappa shape index (κ1) is 22.5. The second-order valence-electron chi connectivity index (χ2n) is 12.5. The summed E-state index contributed by atoms with van der Waals surface area (Å²) in [5, 5.41) is 0.211. The van der Waals surface area contributed by atoms with Crippen LogP contribution in [0.4, 0.5) is 0 Å². The van der Waals surface area contributed by atoms with Gasteiger partial charge < -0.3 is 4.43 Å². The van der Waals surface area contributed by atoms with Crippen LogP contribution >= 0.6 is 0 Å². The molecule has 0 heterocycles. The van der Waals surface area contributed by atoms with Gasteiger partial charge >= 0.3 is 0 Å². The van der Waals surface area contributed by atoms with Crippen LogP contribution in [0.3, 0.4) is 0 Å². The van der Waals surface area contributed by atoms with Gasteiger partial charge in [0.15, 0.2) is 14.1 Å². The average molecular weight is 429 g/mol. The summed E-state index contributed by atoms with van der Waals surface area (Å²) >= 11 is 0. The van der Waals surface area contributed by atoms with Crippen molar-refractivity contribution in [3.63, 3.8) is 0 Å². The number of carbonyl (C=O) groups is 1. The minimum absolute atomic E-state index is 0.0240. The van der Waals surface area contributed by atoms with Crippen molar-refractivity contribution in [3.8, 4) is 0 Å². The molecule has 0 aromatic carbocycles. The van der Waals surface area contributed by atoms with Gasteiger partial charge in [0.1, 0.15) is 0 Å². The number of hydrogen-bond acceptors (Lipinski definition) is 2. The smallest absolute Gasteiger partial charge is 0.192 e. The third-order valence-electron chi connectivity index (χ3n) is 10.3. The summed E-state index contributed by atoms with van der Waals surface area (Å²) in [6.45, 7) is 16.8. The molecule has 0 N–H and O–H groups in total. The Morgan fingerprint density at radius 1 is 1.17 bits per heavy atom. The van der Waals surface area contributed by atoms with Crippen molar-refractivity contribution in [2.75, 3.05) is 0 Å². The van der Waals surface area contributed by atoms with Gasteiger partial charge in [-0.25, -0.2) is 0 Å². The zero-order valence-electron chi connectivity index (χ0n) is 20.5. The molecule has 4 rings (SSSR count). The van der Waals surface area contributed by atoms with Gasteiger partial charge in [-0.05, 0) is 85.1 Å². The average Bonchev–Trinajstić information content (AvgIpc) is 3.04. The van der Waals surface area contributed by atoms with E-state index in [4.69, 9.17) is 4.43 Å². The molecule has 2 saturated carbocycles. The van der Waals surface area contributed by atoms with Crippen molar-refractivity contribution in [3.05, 3.63) is 23.8 Å². The van der Waals surface area contributed by atoms with Gasteiger partial charge in [-0.3, -0.25) is 4.79 Å². The minimum Gasteiger partial charge on any atom is -0.413 e. The number of allylic oxidation sites excluding steroid dienone is 3. The molecule has 0 spiro atoms. The fraction of sp³-hybridized carbons (Fsp3) is 0.815. The van der Waals surface area contributed by atoms with E-state index in [1.165, 1.54) is 50.5 Å². The van der Waals surface area contributed by atoms with Crippen molar-refractivity contribution in [1.29, 1.82) is 0 Å². The predicted molar refractivity (Wildman–Crippen MR) is 128 cm³/mol. The van der Waals surface area contributed by atoms with Crippen molar-refractivity contribution < 1.29 is 9.22 Å². The van der Waals surface area contributed by atoms with Gasteiger partial charge in [0.05, 0.1) is 6.10 Å². The van der Waals surface area contributed by atoms with E-state index in [1.54, 1.807) is 0 Å². The maximum atomic E-state index is 12.8. The number of hydrogen-bond donors (Lipinski definition) is 0. The molecule has 4 aliphatic rings. The quantitative estimate of drug-likeness (QED) is 0.425. The summed E-state index contributed by atoms with van der Waals surface area (Å²) in [4.78, 5) is 12.8. The van der Waals surface area contributed by atoms with Crippen molar-refractivity contribution >= 4 is 14.1 Å². The van der Waals surface area contributed by atoms with E-state index in [-0.39, 0.29) is 22.3 Å². The largest absolute Gasteiger partial charge is 0.413 e. The highest BCUT2D eigenvalue weighted by Crippen LogP contribution is 2.64. The first-order valence-electron chi connectivity index (χ1n) is 12.6. The molecule has 0 aliphatic heterocycles. The van der Waals surface area contributed by atoms with Crippen LogP contribution in [0.5, 0.6) is 0 Å². The summed E-state index contributed by atoms with van der Waals surface area (Å²) in [7, 11) is -1.99. The number of rotatable bonds is 5. The lowest BCUT2D eigenvalue weighted by Crippen LogP contribution is -2.57. The summed E-state index contributed by atoms with van der Waals surface area (Å²) in [6.07, 6.45) is 16.6. The molecule has 0 aromatic rings. The van der Waals surface area contributed by atoms with E-state index in [9.17, 15) is 4.79 Å². The number of fused-ring (bicyclic) bond motifs is 5. The van der Waals surface area contributed by atoms with Crippen molar-refractivity contribution in [1.82, 2.24) is 0 Å². The molecule has 0 bridgehead atoms. The molecule has 0 aromatic heterocycles. The van der Waals surface area contributed by atoms with Crippen LogP contribution in [0.2, 0.25) is 18.1 Å². The molecule has 0 saturated heterocycles. The maximum Gasteiger partial charge on any atom is 0.192 e. The Labute approximate surface area is 186 Å². The van der Waals surface area contributed by atoms with Gasteiger partial charge in [0, 0.05) is 11.8 Å². The third-order valence-corrected chi connectivity index (χ3v) is 14.7. The molecule has 0 radical (unpaired) electrons. The van der Waals surface area contributed by atoms with Crippen molar-refractivity contribution in [2.24, 2.45) is 28.6 Å². The van der Waals surface area contributed by atoms with E-state index in [2.05, 4.69) is 59.9 Å². The Morgan fingerprint density at radius 2 is 1.90 bits per heavy atom. The van der Waals surface area contributed by atoms with Crippen LogP contribution in [0.1, 0.15) is 86.0 Å². The van der Waals surface area contributed by atoms with Gasteiger partial charge in [-0.1, -0.05) is 59.6 Å². The molecule has 1 unspecified atom stereocenters. The van der Waals surface area contributed by atoms with Gasteiger partial charge in [0.25, 0.3) is 0 Å². The van der Waals surface area contributed by atoms with Crippen LogP contribution in [0, 0.1) is 28.6 Å². The topological polar surface area (TPSA) is 26.3 Å². The molecule has 0 amide bonds. The lowest BCUT2D eigenvalue weighted by molar-refractivity contribution is -0.122. The van der Waals surface area contributed by atoms with E-state index >= 15 is 0 Å². The van der Waals surface area contributed by atoms with E-state index in [0.717, 1.165) is 5.92 Å². The summed E-state index contributed by atoms with van der Waals surface area (Å²) < 4.78 is 7.17. The Hall–Kier alpha value is -0.673. The zero-order chi connectivity index (χ0) is 21.9. The minimum atomic E-state index is -1.99. The lowest BCUT2D eigenvalue weighted by atomic mass is 9.49. The Morgan fingerprint density at radius 3 is 2.60 bits per heavy atom. The normalized spacial score (nSPS) is 41.2. The van der Waals surface area contributed by atoms with Crippen LogP contribution in [-0.2, 0) is 9.22 Å². The second kappa shape index (κ2) is 7.44. The van der Waals surface area contributed by atoms with Crippen molar-refractivity contribution in [2.45, 2.75) is 110 Å². The van der Waals surface area contributed by atoms with Crippen LogP contribution in [0.25, 0.3) is 0 Å². The summed E-state index contributed by atoms with van der Waals surface area (Å²) in [5.41, 5.74) is 1.76. The Bertz CT molecular complexity index is 763. The second-order valence-corrected chi connectivity index (χ2v) is 17.1. The molecule has 2 nitrogen and oxygen atoms in total. The predicted octanol–water partition coefficient (Wildman–Crippen LogP) is 7.46. The lowest BCUT2D eigenvalue weighted by Gasteiger charge is -2.58. The van der Waals surface area contributed by atoms with Gasteiger partial charge in [0.2, 0.25) is 0 Å². The van der Waals surface area contributed by atoms with E-state index in [0.29, 0.717) is 23.7 Å². The Kier molecular flexibility index (Phi) is 5.58. The first-order chi connectivity index (χ1) is 13.9. The zero-order valence-corrected chi connectivity index (χ0v) is 21.5. The number of ketones is 1. The van der Waals surface area contributed by atoms with E-state index in [1.807, 2.05) is 6.08 Å². The first-order valence-corrected chi connectivity index (χ1v) is 15.5. The van der Waals surface area contributed by atoms with Crippen LogP contribution in [-0.4, -0.2) is 20.2 Å². The molecule has 168 valence electrons.